The quantitative estimate of drug-likeness (QED) is 0.675. The van der Waals surface area contributed by atoms with Crippen molar-refractivity contribution in [3.63, 3.8) is 0 Å². The maximum Gasteiger partial charge on any atom is 0.201 e. The average molecular weight is 469 g/mol. The number of benzene rings is 2. The highest BCUT2D eigenvalue weighted by Crippen LogP contribution is 2.34. The van der Waals surface area contributed by atoms with Crippen LogP contribution in [0.5, 0.6) is 0 Å². The van der Waals surface area contributed by atoms with E-state index in [4.69, 9.17) is 0 Å². The lowest BCUT2D eigenvalue weighted by molar-refractivity contribution is 0.103. The van der Waals surface area contributed by atoms with Gasteiger partial charge in [-0.1, -0.05) is 48.5 Å². The topological polar surface area (TPSA) is 106 Å². The van der Waals surface area contributed by atoms with Gasteiger partial charge in [0.25, 0.3) is 0 Å². The van der Waals surface area contributed by atoms with E-state index in [1.54, 1.807) is 48.5 Å². The maximum absolute atomic E-state index is 13.0. The predicted octanol–water partition coefficient (Wildman–Crippen LogP) is 3.14. The number of aliphatic hydroxyl groups excluding tert-OH is 2. The summed E-state index contributed by atoms with van der Waals surface area (Å²) >= 11 is 0. The smallest absolute Gasteiger partial charge is 0.201 e. The van der Waals surface area contributed by atoms with Gasteiger partial charge in [-0.05, 0) is 6.42 Å². The first-order valence-corrected chi connectivity index (χ1v) is 11.8. The lowest BCUT2D eigenvalue weighted by Gasteiger charge is -2.24. The summed E-state index contributed by atoms with van der Waals surface area (Å²) < 4.78 is 0. The van der Waals surface area contributed by atoms with E-state index in [9.17, 15) is 19.8 Å². The number of carbonyl (C=O) groups is 2. The minimum atomic E-state index is -0.195. The lowest BCUT2D eigenvalue weighted by atomic mass is 10.1. The normalized spacial score (nSPS) is 19.1. The van der Waals surface area contributed by atoms with Gasteiger partial charge in [-0.15, -0.1) is 0 Å². The van der Waals surface area contributed by atoms with Crippen LogP contribution in [0, 0.1) is 0 Å². The zero-order valence-electron chi connectivity index (χ0n) is 19.1. The van der Waals surface area contributed by atoms with Crippen molar-refractivity contribution in [2.75, 3.05) is 39.3 Å². The van der Waals surface area contributed by atoms with Crippen LogP contribution in [0.25, 0.3) is 11.5 Å². The molecule has 8 heteroatoms. The monoisotopic (exact) mass is 468 g/mol. The summed E-state index contributed by atoms with van der Waals surface area (Å²) in [7, 11) is 0. The SMILES string of the molecule is O=C1C(C2=NCCN2CCCN2CCN=C2C2=C(O)c3ccccc3C2=O)=C(O)c2ccccc21. The number of hydrogen-bond donors (Lipinski definition) is 2. The molecule has 0 saturated carbocycles. The number of fused-ring (bicyclic) bond motifs is 2. The van der Waals surface area contributed by atoms with Crippen molar-refractivity contribution >= 4 is 34.8 Å². The summed E-state index contributed by atoms with van der Waals surface area (Å²) in [5.74, 6) is 0.680. The Morgan fingerprint density at radius 1 is 0.657 bits per heavy atom. The van der Waals surface area contributed by atoms with Gasteiger partial charge in [0.1, 0.15) is 34.3 Å². The molecule has 35 heavy (non-hydrogen) atoms. The van der Waals surface area contributed by atoms with Crippen LogP contribution in [0.4, 0.5) is 0 Å². The van der Waals surface area contributed by atoms with E-state index in [2.05, 4.69) is 9.98 Å². The molecular weight excluding hydrogens is 444 g/mol. The Morgan fingerprint density at radius 2 is 1.06 bits per heavy atom. The van der Waals surface area contributed by atoms with Crippen LogP contribution in [-0.2, 0) is 0 Å². The first-order chi connectivity index (χ1) is 17.1. The van der Waals surface area contributed by atoms with Crippen molar-refractivity contribution in [3.05, 3.63) is 81.9 Å². The van der Waals surface area contributed by atoms with Crippen molar-refractivity contribution in [3.8, 4) is 0 Å². The number of ketones is 2. The Morgan fingerprint density at radius 3 is 1.46 bits per heavy atom. The number of Topliss-reactive ketones (excluding diaryl/α,β-unsaturated/α-hetero) is 2. The highest BCUT2D eigenvalue weighted by Gasteiger charge is 2.37. The number of rotatable bonds is 6. The molecule has 0 radical (unpaired) electrons. The molecule has 2 heterocycles. The van der Waals surface area contributed by atoms with E-state index in [0.717, 1.165) is 6.42 Å². The standard InChI is InChI=1S/C27H24N4O4/c32-22-16-6-1-2-7-17(16)23(33)20(22)26-28-10-14-30(26)12-5-13-31-15-11-29-27(31)21-24(34)18-8-3-4-9-19(18)25(21)35/h1-4,6-9,32,34H,5,10-15H2. The van der Waals surface area contributed by atoms with Gasteiger partial charge in [0.2, 0.25) is 11.6 Å². The molecular formula is C27H24N4O4. The van der Waals surface area contributed by atoms with Gasteiger partial charge >= 0.3 is 0 Å². The van der Waals surface area contributed by atoms with Gasteiger partial charge in [-0.25, -0.2) is 0 Å². The van der Waals surface area contributed by atoms with Crippen LogP contribution in [-0.4, -0.2) is 82.5 Å². The van der Waals surface area contributed by atoms with E-state index in [1.165, 1.54) is 0 Å². The Balaban J connectivity index is 1.14. The zero-order valence-corrected chi connectivity index (χ0v) is 19.1. The van der Waals surface area contributed by atoms with Crippen LogP contribution in [0.2, 0.25) is 0 Å². The summed E-state index contributed by atoms with van der Waals surface area (Å²) in [5, 5.41) is 21.5. The minimum absolute atomic E-state index is 0.00747. The molecule has 0 bridgehead atoms. The van der Waals surface area contributed by atoms with Crippen molar-refractivity contribution in [2.45, 2.75) is 6.42 Å². The van der Waals surface area contributed by atoms with Crippen molar-refractivity contribution in [1.29, 1.82) is 0 Å². The van der Waals surface area contributed by atoms with E-state index >= 15 is 0 Å². The van der Waals surface area contributed by atoms with Gasteiger partial charge in [0.15, 0.2) is 0 Å². The van der Waals surface area contributed by atoms with Crippen LogP contribution in [0.15, 0.2) is 69.7 Å². The molecule has 2 aliphatic carbocycles. The molecule has 8 nitrogen and oxygen atoms in total. The molecule has 0 atom stereocenters. The summed E-state index contributed by atoms with van der Waals surface area (Å²) in [5.41, 5.74) is 2.66. The molecule has 2 N–H and O–H groups in total. The second kappa shape index (κ2) is 8.23. The minimum Gasteiger partial charge on any atom is -0.506 e. The fourth-order valence-corrected chi connectivity index (χ4v) is 5.27. The van der Waals surface area contributed by atoms with Gasteiger partial charge < -0.3 is 20.0 Å². The van der Waals surface area contributed by atoms with E-state index in [0.29, 0.717) is 73.2 Å². The third kappa shape index (κ3) is 3.28. The third-order valence-electron chi connectivity index (χ3n) is 6.95. The summed E-state index contributed by atoms with van der Waals surface area (Å²) in [6.45, 7) is 3.77. The highest BCUT2D eigenvalue weighted by atomic mass is 16.3. The molecule has 0 unspecified atom stereocenters. The Bertz CT molecular complexity index is 1300. The van der Waals surface area contributed by atoms with Crippen molar-refractivity contribution < 1.29 is 19.8 Å². The Kier molecular flexibility index (Phi) is 5.02. The summed E-state index contributed by atoms with van der Waals surface area (Å²) in [6.07, 6.45) is 0.738. The molecule has 0 aromatic heterocycles. The number of amidine groups is 2. The summed E-state index contributed by atoms with van der Waals surface area (Å²) in [4.78, 5) is 39.1. The maximum atomic E-state index is 13.0. The lowest BCUT2D eigenvalue weighted by Crippen LogP contribution is -2.36. The molecule has 0 saturated heterocycles. The number of aliphatic imine (C=N–C) groups is 2. The molecule has 176 valence electrons. The van der Waals surface area contributed by atoms with Crippen molar-refractivity contribution in [1.82, 2.24) is 9.80 Å². The first kappa shape index (κ1) is 21.3. The van der Waals surface area contributed by atoms with E-state index < -0.39 is 0 Å². The van der Waals surface area contributed by atoms with Crippen LogP contribution in [0.1, 0.15) is 38.3 Å². The summed E-state index contributed by atoms with van der Waals surface area (Å²) in [6, 6.07) is 14.1. The van der Waals surface area contributed by atoms with E-state index in [1.807, 2.05) is 9.80 Å². The molecule has 2 aromatic rings. The number of carbonyl (C=O) groups excluding carboxylic acids is 2. The van der Waals surface area contributed by atoms with Gasteiger partial charge in [0, 0.05) is 48.4 Å². The molecule has 0 fully saturated rings. The molecule has 0 spiro atoms. The fraction of sp³-hybridized carbons (Fsp3) is 0.259. The molecule has 2 aromatic carbocycles. The van der Waals surface area contributed by atoms with Gasteiger partial charge in [-0.3, -0.25) is 19.6 Å². The second-order valence-corrected chi connectivity index (χ2v) is 8.93. The second-order valence-electron chi connectivity index (χ2n) is 8.93. The molecule has 6 rings (SSSR count). The predicted molar refractivity (Wildman–Crippen MR) is 133 cm³/mol. The zero-order chi connectivity index (χ0) is 24.1. The Hall–Kier alpha value is -4.20. The number of nitrogens with zero attached hydrogens (tertiary/aromatic N) is 4. The third-order valence-corrected chi connectivity index (χ3v) is 6.95. The number of hydrogen-bond acceptors (Lipinski definition) is 8. The first-order valence-electron chi connectivity index (χ1n) is 11.8. The molecule has 2 aliphatic heterocycles. The van der Waals surface area contributed by atoms with Crippen LogP contribution < -0.4 is 0 Å². The van der Waals surface area contributed by atoms with Crippen LogP contribution >= 0.6 is 0 Å². The molecule has 4 aliphatic rings. The van der Waals surface area contributed by atoms with E-state index in [-0.39, 0.29) is 34.2 Å². The van der Waals surface area contributed by atoms with Gasteiger partial charge in [-0.2, -0.15) is 0 Å². The van der Waals surface area contributed by atoms with Gasteiger partial charge in [0.05, 0.1) is 13.1 Å². The molecule has 0 amide bonds. The fourth-order valence-electron chi connectivity index (χ4n) is 5.27. The van der Waals surface area contributed by atoms with Crippen LogP contribution in [0.3, 0.4) is 0 Å². The van der Waals surface area contributed by atoms with Crippen molar-refractivity contribution in [2.24, 2.45) is 9.98 Å². The number of aliphatic hydroxyl groups is 2. The average Bonchev–Trinajstić information content (AvgIpc) is 3.63. The largest absolute Gasteiger partial charge is 0.506 e. The highest BCUT2D eigenvalue weighted by molar-refractivity contribution is 6.36. The Labute approximate surface area is 202 Å².